The fourth-order valence-corrected chi connectivity index (χ4v) is 4.69. The highest BCUT2D eigenvalue weighted by Gasteiger charge is 2.13. The van der Waals surface area contributed by atoms with Crippen LogP contribution in [0, 0.1) is 6.92 Å². The Hall–Kier alpha value is -0.800. The van der Waals surface area contributed by atoms with Crippen LogP contribution in [0.15, 0.2) is 17.5 Å². The Morgan fingerprint density at radius 2 is 2.00 bits per heavy atom. The number of aryl methyl sites for hydroxylation is 2. The summed E-state index contributed by atoms with van der Waals surface area (Å²) < 4.78 is 5.51. The molecule has 0 amide bonds. The maximum atomic E-state index is 2.53. The van der Waals surface area contributed by atoms with E-state index in [0.717, 1.165) is 0 Å². The van der Waals surface area contributed by atoms with Crippen LogP contribution in [-0.2, 0) is 6.54 Å². The van der Waals surface area contributed by atoms with E-state index >= 15 is 0 Å². The van der Waals surface area contributed by atoms with Crippen LogP contribution in [-0.4, -0.2) is 4.57 Å². The van der Waals surface area contributed by atoms with E-state index in [2.05, 4.69) is 35.9 Å². The van der Waals surface area contributed by atoms with Gasteiger partial charge in [-0.05, 0) is 30.9 Å². The van der Waals surface area contributed by atoms with Crippen LogP contribution in [0.1, 0.15) is 37.5 Å². The summed E-state index contributed by atoms with van der Waals surface area (Å²) in [5.41, 5.74) is 2.90. The number of aromatic nitrogens is 1. The van der Waals surface area contributed by atoms with Crippen LogP contribution in [0.4, 0.5) is 0 Å². The molecule has 0 unspecified atom stereocenters. The van der Waals surface area contributed by atoms with Crippen molar-refractivity contribution in [3.8, 4) is 0 Å². The van der Waals surface area contributed by atoms with Gasteiger partial charge in [0.2, 0.25) is 0 Å². The van der Waals surface area contributed by atoms with Gasteiger partial charge < -0.3 is 4.57 Å². The second-order valence-corrected chi connectivity index (χ2v) is 7.09. The van der Waals surface area contributed by atoms with Gasteiger partial charge in [0, 0.05) is 11.4 Å². The summed E-state index contributed by atoms with van der Waals surface area (Å²) in [6.07, 6.45) is 5.33. The summed E-state index contributed by atoms with van der Waals surface area (Å²) in [7, 11) is 0. The fraction of sp³-hybridized carbons (Fsp3) is 0.467. The van der Waals surface area contributed by atoms with Crippen LogP contribution in [0.2, 0.25) is 0 Å². The average molecular weight is 277 g/mol. The van der Waals surface area contributed by atoms with Crippen molar-refractivity contribution in [2.24, 2.45) is 0 Å². The third-order valence-electron chi connectivity index (χ3n) is 3.50. The molecule has 0 fully saturated rings. The first-order valence-corrected chi connectivity index (χ1v) is 8.46. The van der Waals surface area contributed by atoms with E-state index in [4.69, 9.17) is 0 Å². The third kappa shape index (κ3) is 1.99. The van der Waals surface area contributed by atoms with Crippen molar-refractivity contribution in [3.63, 3.8) is 0 Å². The lowest BCUT2D eigenvalue weighted by atomic mass is 10.2. The Kier molecular flexibility index (Phi) is 3.44. The lowest BCUT2D eigenvalue weighted by molar-refractivity contribution is 0.602. The van der Waals surface area contributed by atoms with Gasteiger partial charge in [0.25, 0.3) is 0 Å². The molecule has 0 radical (unpaired) electrons. The zero-order valence-electron chi connectivity index (χ0n) is 11.0. The summed E-state index contributed by atoms with van der Waals surface area (Å²) in [4.78, 5) is 1.43. The molecular weight excluding hydrogens is 258 g/mol. The Morgan fingerprint density at radius 1 is 1.11 bits per heavy atom. The minimum Gasteiger partial charge on any atom is -0.339 e. The first-order valence-electron chi connectivity index (χ1n) is 6.77. The lowest BCUT2D eigenvalue weighted by Crippen LogP contribution is -1.96. The van der Waals surface area contributed by atoms with E-state index in [9.17, 15) is 0 Å². The molecule has 3 aromatic heterocycles. The molecule has 3 heteroatoms. The van der Waals surface area contributed by atoms with Crippen molar-refractivity contribution in [3.05, 3.63) is 22.4 Å². The van der Waals surface area contributed by atoms with Crippen molar-refractivity contribution in [2.75, 3.05) is 0 Å². The lowest BCUT2D eigenvalue weighted by Gasteiger charge is -2.05. The van der Waals surface area contributed by atoms with E-state index in [1.54, 1.807) is 0 Å². The van der Waals surface area contributed by atoms with Crippen molar-refractivity contribution in [1.29, 1.82) is 0 Å². The maximum absolute atomic E-state index is 2.53. The number of thiophene rings is 2. The minimum absolute atomic E-state index is 1.17. The smallest absolute Gasteiger partial charge is 0.0703 e. The van der Waals surface area contributed by atoms with Gasteiger partial charge in [-0.25, -0.2) is 0 Å². The van der Waals surface area contributed by atoms with Gasteiger partial charge in [0.05, 0.1) is 20.4 Å². The summed E-state index contributed by atoms with van der Waals surface area (Å²) in [6, 6.07) is 4.63. The number of unbranched alkanes of at least 4 members (excludes halogenated alkanes) is 3. The molecule has 0 aromatic carbocycles. The number of fused-ring (bicyclic) bond motifs is 3. The molecule has 0 bridgehead atoms. The van der Waals surface area contributed by atoms with Gasteiger partial charge in [-0.2, -0.15) is 0 Å². The van der Waals surface area contributed by atoms with Crippen molar-refractivity contribution >= 4 is 43.1 Å². The zero-order chi connectivity index (χ0) is 12.5. The SMILES string of the molecule is CCCCCCn1c2ccsc2c2sc(C)cc21. The Labute approximate surface area is 116 Å². The van der Waals surface area contributed by atoms with Crippen LogP contribution in [0.25, 0.3) is 20.4 Å². The number of hydrogen-bond donors (Lipinski definition) is 0. The molecular formula is C15H19NS2. The quantitative estimate of drug-likeness (QED) is 0.519. The molecule has 3 heterocycles. The molecule has 0 aliphatic heterocycles. The first-order chi connectivity index (χ1) is 8.81. The van der Waals surface area contributed by atoms with E-state index in [1.165, 1.54) is 57.5 Å². The molecule has 96 valence electrons. The summed E-state index contributed by atoms with van der Waals surface area (Å²) >= 11 is 3.82. The fourth-order valence-electron chi connectivity index (χ4n) is 2.62. The molecule has 1 nitrogen and oxygen atoms in total. The molecule has 3 rings (SSSR count). The second kappa shape index (κ2) is 5.06. The molecule has 0 saturated carbocycles. The van der Waals surface area contributed by atoms with Gasteiger partial charge >= 0.3 is 0 Å². The van der Waals surface area contributed by atoms with Crippen LogP contribution in [0.5, 0.6) is 0 Å². The first kappa shape index (κ1) is 12.2. The molecule has 3 aromatic rings. The number of hydrogen-bond acceptors (Lipinski definition) is 2. The highest BCUT2D eigenvalue weighted by atomic mass is 32.1. The summed E-state index contributed by atoms with van der Waals surface area (Å²) in [5.74, 6) is 0. The summed E-state index contributed by atoms with van der Waals surface area (Å²) in [6.45, 7) is 5.66. The Balaban J connectivity index is 1.97. The van der Waals surface area contributed by atoms with Crippen molar-refractivity contribution in [1.82, 2.24) is 4.57 Å². The zero-order valence-corrected chi connectivity index (χ0v) is 12.7. The van der Waals surface area contributed by atoms with Gasteiger partial charge in [-0.1, -0.05) is 26.2 Å². The van der Waals surface area contributed by atoms with Crippen LogP contribution in [0.3, 0.4) is 0 Å². The highest BCUT2D eigenvalue weighted by molar-refractivity contribution is 7.26. The van der Waals surface area contributed by atoms with Gasteiger partial charge in [0.1, 0.15) is 0 Å². The molecule has 0 N–H and O–H groups in total. The number of nitrogens with zero attached hydrogens (tertiary/aromatic N) is 1. The van der Waals surface area contributed by atoms with Gasteiger partial charge in [0.15, 0.2) is 0 Å². The van der Waals surface area contributed by atoms with Crippen LogP contribution >= 0.6 is 22.7 Å². The van der Waals surface area contributed by atoms with Crippen molar-refractivity contribution in [2.45, 2.75) is 46.1 Å². The maximum Gasteiger partial charge on any atom is 0.0703 e. The van der Waals surface area contributed by atoms with Crippen LogP contribution < -0.4 is 0 Å². The normalized spacial score (nSPS) is 11.9. The monoisotopic (exact) mass is 277 g/mol. The van der Waals surface area contributed by atoms with E-state index in [0.29, 0.717) is 0 Å². The third-order valence-corrected chi connectivity index (χ3v) is 5.61. The second-order valence-electron chi connectivity index (χ2n) is 4.92. The topological polar surface area (TPSA) is 4.93 Å². The Morgan fingerprint density at radius 3 is 2.83 bits per heavy atom. The predicted molar refractivity (Wildman–Crippen MR) is 84.1 cm³/mol. The van der Waals surface area contributed by atoms with Gasteiger partial charge in [-0.15, -0.1) is 22.7 Å². The predicted octanol–water partition coefficient (Wildman–Crippen LogP) is 5.81. The average Bonchev–Trinajstić information content (AvgIpc) is 2.99. The molecule has 18 heavy (non-hydrogen) atoms. The van der Waals surface area contributed by atoms with E-state index in [1.807, 2.05) is 22.7 Å². The molecule has 0 aliphatic rings. The molecule has 0 spiro atoms. The van der Waals surface area contributed by atoms with Crippen molar-refractivity contribution < 1.29 is 0 Å². The molecule has 0 atom stereocenters. The summed E-state index contributed by atoms with van der Waals surface area (Å²) in [5, 5.41) is 2.22. The van der Waals surface area contributed by atoms with Gasteiger partial charge in [-0.3, -0.25) is 0 Å². The largest absolute Gasteiger partial charge is 0.339 e. The standard InChI is InChI=1S/C15H19NS2/c1-3-4-5-6-8-16-12-7-9-17-14(12)15-13(16)10-11(2)18-15/h7,9-10H,3-6,8H2,1-2H3. The molecule has 0 saturated heterocycles. The minimum atomic E-state index is 1.17. The van der Waals surface area contributed by atoms with E-state index < -0.39 is 0 Å². The molecule has 0 aliphatic carbocycles. The highest BCUT2D eigenvalue weighted by Crippen LogP contribution is 2.38. The van der Waals surface area contributed by atoms with E-state index in [-0.39, 0.29) is 0 Å². The number of rotatable bonds is 5. The Bertz CT molecular complexity index is 656.